The van der Waals surface area contributed by atoms with Gasteiger partial charge in [0.2, 0.25) is 0 Å². The summed E-state index contributed by atoms with van der Waals surface area (Å²) in [6, 6.07) is 0. The number of carboxylic acids is 1. The monoisotopic (exact) mass is 422 g/mol. The number of unbranched alkanes of at least 4 members (excludes halogenated alkanes) is 1. The lowest BCUT2D eigenvalue weighted by atomic mass is 10.0. The minimum Gasteiger partial charge on any atom is -0.478 e. The van der Waals surface area contributed by atoms with E-state index < -0.39 is 5.97 Å². The summed E-state index contributed by atoms with van der Waals surface area (Å²) in [4.78, 5) is 34.2. The van der Waals surface area contributed by atoms with Crippen molar-refractivity contribution in [2.75, 3.05) is 11.5 Å². The van der Waals surface area contributed by atoms with E-state index in [0.717, 1.165) is 30.2 Å². The molecule has 1 fully saturated rings. The molecule has 2 unspecified atom stereocenters. The number of hydrogen-bond acceptors (Lipinski definition) is 7. The lowest BCUT2D eigenvalue weighted by Crippen LogP contribution is -2.14. The number of carbonyl (C=O) groups is 3. The van der Waals surface area contributed by atoms with Crippen LogP contribution in [0.2, 0.25) is 0 Å². The number of ketones is 2. The average Bonchev–Trinajstić information content (AvgIpc) is 3.09. The molecule has 3 atom stereocenters. The first-order valence-electron chi connectivity index (χ1n) is 8.44. The molecule has 0 saturated carbocycles. The fraction of sp³-hybridized carbons (Fsp3) is 0.706. The molecular weight excluding hydrogens is 396 g/mol. The maximum Gasteiger partial charge on any atom is 0.328 e. The molecule has 0 radical (unpaired) electrons. The maximum atomic E-state index is 12.2. The third kappa shape index (κ3) is 10.6. The van der Waals surface area contributed by atoms with E-state index in [9.17, 15) is 14.4 Å². The van der Waals surface area contributed by atoms with E-state index in [0.29, 0.717) is 18.0 Å². The molecule has 0 amide bonds. The first kappa shape index (κ1) is 23.0. The second-order valence-corrected chi connectivity index (χ2v) is 11.6. The van der Waals surface area contributed by atoms with Crippen LogP contribution in [0.3, 0.4) is 0 Å². The molecule has 1 rings (SSSR count). The molecule has 1 saturated heterocycles. The van der Waals surface area contributed by atoms with Gasteiger partial charge in [0.1, 0.15) is 5.78 Å². The van der Waals surface area contributed by atoms with Crippen LogP contribution in [0.5, 0.6) is 0 Å². The van der Waals surface area contributed by atoms with Crippen LogP contribution in [-0.2, 0) is 14.4 Å². The number of Topliss-reactive ketones (excluding diaryl/α,β-unsaturated/α-hetero) is 1. The van der Waals surface area contributed by atoms with Crippen LogP contribution < -0.4 is 0 Å². The van der Waals surface area contributed by atoms with Gasteiger partial charge in [0.15, 0.2) is 5.78 Å². The van der Waals surface area contributed by atoms with Gasteiger partial charge in [0.25, 0.3) is 0 Å². The molecule has 142 valence electrons. The van der Waals surface area contributed by atoms with Crippen molar-refractivity contribution < 1.29 is 19.5 Å². The number of rotatable bonds is 13. The van der Waals surface area contributed by atoms with E-state index in [1.807, 2.05) is 28.5 Å². The van der Waals surface area contributed by atoms with Gasteiger partial charge in [-0.2, -0.15) is 0 Å². The Labute approximate surface area is 165 Å². The predicted molar refractivity (Wildman–Crippen MR) is 112 cm³/mol. The third-order valence-electron chi connectivity index (χ3n) is 3.80. The zero-order chi connectivity index (χ0) is 18.7. The number of carbonyl (C=O) groups excluding carboxylic acids is 2. The van der Waals surface area contributed by atoms with Crippen LogP contribution in [0.25, 0.3) is 0 Å². The molecule has 1 N–H and O–H groups in total. The summed E-state index contributed by atoms with van der Waals surface area (Å²) in [5, 5.41) is 8.98. The fourth-order valence-electron chi connectivity index (χ4n) is 2.15. The van der Waals surface area contributed by atoms with Crippen LogP contribution >= 0.6 is 43.2 Å². The highest BCUT2D eigenvalue weighted by atomic mass is 33.1. The number of hydrogen-bond donors (Lipinski definition) is 1. The summed E-state index contributed by atoms with van der Waals surface area (Å²) < 4.78 is 0. The van der Waals surface area contributed by atoms with E-state index in [-0.39, 0.29) is 17.0 Å². The Hall–Kier alpha value is -0.0500. The van der Waals surface area contributed by atoms with Gasteiger partial charge in [-0.15, -0.1) is 0 Å². The second-order valence-electron chi connectivity index (χ2n) is 6.04. The van der Waals surface area contributed by atoms with Gasteiger partial charge < -0.3 is 5.11 Å². The Bertz CT molecular complexity index is 475. The lowest BCUT2D eigenvalue weighted by molar-refractivity contribution is -0.131. The van der Waals surface area contributed by atoms with E-state index in [2.05, 4.69) is 0 Å². The number of carboxylic acid groups (broad SMARTS) is 1. The SMILES string of the molecule is CC(CSSC(C)C(=O)/C=C/C(=O)O)C(=O)CCCC[C@@H]1CCSS1. The molecule has 1 aliphatic heterocycles. The molecule has 8 heteroatoms. The van der Waals surface area contributed by atoms with Crippen LogP contribution in [0.1, 0.15) is 46.0 Å². The van der Waals surface area contributed by atoms with Crippen molar-refractivity contribution in [1.29, 1.82) is 0 Å². The summed E-state index contributed by atoms with van der Waals surface area (Å²) in [6.07, 6.45) is 7.21. The van der Waals surface area contributed by atoms with Gasteiger partial charge in [-0.25, -0.2) is 4.79 Å². The van der Waals surface area contributed by atoms with Crippen molar-refractivity contribution in [3.63, 3.8) is 0 Å². The Balaban J connectivity index is 2.11. The predicted octanol–water partition coefficient (Wildman–Crippen LogP) is 4.89. The summed E-state index contributed by atoms with van der Waals surface area (Å²) in [6.45, 7) is 3.69. The zero-order valence-corrected chi connectivity index (χ0v) is 17.9. The molecule has 1 heterocycles. The summed E-state index contributed by atoms with van der Waals surface area (Å²) in [5.74, 6) is 0.883. The lowest BCUT2D eigenvalue weighted by Gasteiger charge is -2.12. The van der Waals surface area contributed by atoms with E-state index in [1.165, 1.54) is 40.2 Å². The molecule has 0 aromatic rings. The van der Waals surface area contributed by atoms with Crippen molar-refractivity contribution in [3.05, 3.63) is 12.2 Å². The van der Waals surface area contributed by atoms with E-state index >= 15 is 0 Å². The number of allylic oxidation sites excluding steroid dienone is 1. The zero-order valence-electron chi connectivity index (χ0n) is 14.6. The highest BCUT2D eigenvalue weighted by Crippen LogP contribution is 2.40. The molecular formula is C17H26O4S4. The third-order valence-corrected chi connectivity index (χ3v) is 9.78. The van der Waals surface area contributed by atoms with Gasteiger partial charge >= 0.3 is 5.97 Å². The normalized spacial score (nSPS) is 19.8. The van der Waals surface area contributed by atoms with Crippen molar-refractivity contribution in [3.8, 4) is 0 Å². The Morgan fingerprint density at radius 3 is 2.64 bits per heavy atom. The Kier molecular flexibility index (Phi) is 12.1. The number of aliphatic carboxylic acids is 1. The molecule has 0 spiro atoms. The maximum absolute atomic E-state index is 12.2. The standard InChI is InChI=1S/C17H26O4S4/c1-12(11-23-24-13(2)16(19)7-8-17(20)21)15(18)6-4-3-5-14-9-10-22-25-14/h7-8,12-14H,3-6,9-11H2,1-2H3,(H,20,21)/b8-7+/t12?,13?,14-/m1/s1. The summed E-state index contributed by atoms with van der Waals surface area (Å²) in [5.41, 5.74) is 0. The minimum absolute atomic E-state index is 0.00854. The molecule has 25 heavy (non-hydrogen) atoms. The average molecular weight is 423 g/mol. The van der Waals surface area contributed by atoms with Crippen LogP contribution in [-0.4, -0.2) is 44.6 Å². The first-order chi connectivity index (χ1) is 11.9. The van der Waals surface area contributed by atoms with E-state index in [4.69, 9.17) is 5.11 Å². The van der Waals surface area contributed by atoms with Crippen molar-refractivity contribution in [1.82, 2.24) is 0 Å². The van der Waals surface area contributed by atoms with Gasteiger partial charge in [0.05, 0.1) is 5.25 Å². The van der Waals surface area contributed by atoms with Crippen LogP contribution in [0, 0.1) is 5.92 Å². The van der Waals surface area contributed by atoms with Crippen molar-refractivity contribution >= 4 is 60.7 Å². The van der Waals surface area contributed by atoms with E-state index in [1.54, 1.807) is 6.92 Å². The second kappa shape index (κ2) is 13.2. The molecule has 0 aromatic heterocycles. The van der Waals surface area contributed by atoms with Gasteiger partial charge in [-0.05, 0) is 32.3 Å². The molecule has 4 nitrogen and oxygen atoms in total. The molecule has 0 aromatic carbocycles. The highest BCUT2D eigenvalue weighted by Gasteiger charge is 2.18. The molecule has 1 aliphatic rings. The largest absolute Gasteiger partial charge is 0.478 e. The smallest absolute Gasteiger partial charge is 0.328 e. The summed E-state index contributed by atoms with van der Waals surface area (Å²) in [7, 11) is 6.85. The Morgan fingerprint density at radius 1 is 1.24 bits per heavy atom. The molecule has 0 aliphatic carbocycles. The fourth-order valence-corrected chi connectivity index (χ4v) is 7.77. The topological polar surface area (TPSA) is 71.4 Å². The highest BCUT2D eigenvalue weighted by molar-refractivity contribution is 8.77. The van der Waals surface area contributed by atoms with Crippen LogP contribution in [0.15, 0.2) is 12.2 Å². The van der Waals surface area contributed by atoms with Crippen molar-refractivity contribution in [2.24, 2.45) is 5.92 Å². The minimum atomic E-state index is -1.12. The van der Waals surface area contributed by atoms with Gasteiger partial charge in [-0.1, -0.05) is 56.5 Å². The molecule has 0 bridgehead atoms. The Morgan fingerprint density at radius 2 is 2.00 bits per heavy atom. The van der Waals surface area contributed by atoms with Gasteiger partial charge in [-0.3, -0.25) is 9.59 Å². The quantitative estimate of drug-likeness (QED) is 0.256. The van der Waals surface area contributed by atoms with Crippen LogP contribution in [0.4, 0.5) is 0 Å². The summed E-state index contributed by atoms with van der Waals surface area (Å²) >= 11 is 0. The van der Waals surface area contributed by atoms with Crippen molar-refractivity contribution in [2.45, 2.75) is 56.5 Å². The first-order valence-corrected chi connectivity index (χ1v) is 13.2. The van der Waals surface area contributed by atoms with Gasteiger partial charge in [0, 0.05) is 35.2 Å².